The summed E-state index contributed by atoms with van der Waals surface area (Å²) in [6.07, 6.45) is 6.39. The van der Waals surface area contributed by atoms with Crippen molar-refractivity contribution in [2.24, 2.45) is 0 Å². The van der Waals surface area contributed by atoms with Crippen LogP contribution >= 0.6 is 11.3 Å². The van der Waals surface area contributed by atoms with Gasteiger partial charge in [0.25, 0.3) is 0 Å². The SMILES string of the molecule is CC(C(=O)O)N(C(=O)CCCCCc1cccs1)C1CC1. The van der Waals surface area contributed by atoms with Gasteiger partial charge in [0, 0.05) is 17.3 Å². The van der Waals surface area contributed by atoms with Gasteiger partial charge in [-0.1, -0.05) is 12.5 Å². The van der Waals surface area contributed by atoms with Crippen LogP contribution < -0.4 is 0 Å². The van der Waals surface area contributed by atoms with E-state index in [9.17, 15) is 9.59 Å². The van der Waals surface area contributed by atoms with Crippen molar-refractivity contribution in [2.75, 3.05) is 0 Å². The second-order valence-electron chi connectivity index (χ2n) is 5.69. The highest BCUT2D eigenvalue weighted by molar-refractivity contribution is 7.09. The van der Waals surface area contributed by atoms with Gasteiger partial charge in [-0.15, -0.1) is 11.3 Å². The lowest BCUT2D eigenvalue weighted by Gasteiger charge is -2.26. The molecule has 1 amide bonds. The Bertz CT molecular complexity index is 468. The lowest BCUT2D eigenvalue weighted by Crippen LogP contribution is -2.44. The van der Waals surface area contributed by atoms with Crippen LogP contribution in [0, 0.1) is 0 Å². The number of aryl methyl sites for hydroxylation is 1. The zero-order valence-corrected chi connectivity index (χ0v) is 13.3. The average molecular weight is 309 g/mol. The third-order valence-corrected chi connectivity index (χ3v) is 4.83. The molecule has 1 heterocycles. The number of carboxylic acid groups (broad SMARTS) is 1. The largest absolute Gasteiger partial charge is 0.480 e. The predicted molar refractivity (Wildman–Crippen MR) is 83.5 cm³/mol. The monoisotopic (exact) mass is 309 g/mol. The number of nitrogens with zero attached hydrogens (tertiary/aromatic N) is 1. The van der Waals surface area contributed by atoms with Crippen LogP contribution in [0.25, 0.3) is 0 Å². The minimum atomic E-state index is -0.909. The van der Waals surface area contributed by atoms with Gasteiger partial charge in [0.2, 0.25) is 5.91 Å². The van der Waals surface area contributed by atoms with E-state index in [-0.39, 0.29) is 11.9 Å². The number of thiophene rings is 1. The van der Waals surface area contributed by atoms with Crippen molar-refractivity contribution < 1.29 is 14.7 Å². The van der Waals surface area contributed by atoms with Gasteiger partial charge in [-0.05, 0) is 50.5 Å². The van der Waals surface area contributed by atoms with Crippen molar-refractivity contribution in [1.29, 1.82) is 0 Å². The van der Waals surface area contributed by atoms with Crippen LogP contribution in [0.2, 0.25) is 0 Å². The molecule has 1 fully saturated rings. The minimum Gasteiger partial charge on any atom is -0.480 e. The van der Waals surface area contributed by atoms with Gasteiger partial charge >= 0.3 is 5.97 Å². The molecule has 4 nitrogen and oxygen atoms in total. The molecule has 0 saturated heterocycles. The van der Waals surface area contributed by atoms with Gasteiger partial charge in [0.1, 0.15) is 6.04 Å². The highest BCUT2D eigenvalue weighted by Gasteiger charge is 2.37. The molecule has 5 heteroatoms. The fraction of sp³-hybridized carbons (Fsp3) is 0.625. The highest BCUT2D eigenvalue weighted by Crippen LogP contribution is 2.29. The first kappa shape index (κ1) is 16.0. The summed E-state index contributed by atoms with van der Waals surface area (Å²) in [6.45, 7) is 1.61. The summed E-state index contributed by atoms with van der Waals surface area (Å²) in [4.78, 5) is 26.3. The number of amides is 1. The zero-order valence-electron chi connectivity index (χ0n) is 12.5. The normalized spacial score (nSPS) is 15.7. The Balaban J connectivity index is 1.68. The number of carbonyl (C=O) groups excluding carboxylic acids is 1. The first-order valence-electron chi connectivity index (χ1n) is 7.66. The molecule has 1 unspecified atom stereocenters. The Kier molecular flexibility index (Phi) is 5.79. The number of hydrogen-bond donors (Lipinski definition) is 1. The van der Waals surface area contributed by atoms with Crippen LogP contribution in [0.3, 0.4) is 0 Å². The molecule has 1 aromatic rings. The summed E-state index contributed by atoms with van der Waals surface area (Å²) in [6, 6.07) is 3.66. The van der Waals surface area contributed by atoms with E-state index in [1.165, 1.54) is 4.88 Å². The summed E-state index contributed by atoms with van der Waals surface area (Å²) in [5, 5.41) is 11.2. The minimum absolute atomic E-state index is 0.00326. The van der Waals surface area contributed by atoms with E-state index in [1.54, 1.807) is 23.2 Å². The van der Waals surface area contributed by atoms with Crippen molar-refractivity contribution in [2.45, 2.75) is 64.0 Å². The number of hydrogen-bond acceptors (Lipinski definition) is 3. The molecule has 1 aromatic heterocycles. The number of aliphatic carboxylic acids is 1. The molecule has 1 atom stereocenters. The summed E-state index contributed by atoms with van der Waals surface area (Å²) >= 11 is 1.77. The van der Waals surface area contributed by atoms with E-state index < -0.39 is 12.0 Å². The van der Waals surface area contributed by atoms with E-state index in [4.69, 9.17) is 5.11 Å². The number of rotatable bonds is 9. The maximum atomic E-state index is 12.2. The Morgan fingerprint density at radius 1 is 1.38 bits per heavy atom. The van der Waals surface area contributed by atoms with Crippen LogP contribution in [0.5, 0.6) is 0 Å². The van der Waals surface area contributed by atoms with Crippen molar-refractivity contribution in [1.82, 2.24) is 4.90 Å². The van der Waals surface area contributed by atoms with Crippen molar-refractivity contribution in [3.63, 3.8) is 0 Å². The van der Waals surface area contributed by atoms with Gasteiger partial charge in [0.15, 0.2) is 0 Å². The first-order valence-corrected chi connectivity index (χ1v) is 8.54. The third-order valence-electron chi connectivity index (χ3n) is 3.90. The number of carbonyl (C=O) groups is 2. The molecule has 1 N–H and O–H groups in total. The molecule has 1 saturated carbocycles. The molecular weight excluding hydrogens is 286 g/mol. The molecule has 0 spiro atoms. The molecule has 21 heavy (non-hydrogen) atoms. The topological polar surface area (TPSA) is 57.6 Å². The molecule has 0 aliphatic heterocycles. The molecule has 116 valence electrons. The molecule has 0 aromatic carbocycles. The second-order valence-corrected chi connectivity index (χ2v) is 6.72. The fourth-order valence-electron chi connectivity index (χ4n) is 2.54. The molecule has 0 bridgehead atoms. The van der Waals surface area contributed by atoms with Gasteiger partial charge in [-0.25, -0.2) is 4.79 Å². The maximum Gasteiger partial charge on any atom is 0.326 e. The van der Waals surface area contributed by atoms with E-state index >= 15 is 0 Å². The molecule has 1 aliphatic rings. The van der Waals surface area contributed by atoms with Gasteiger partial charge in [-0.2, -0.15) is 0 Å². The van der Waals surface area contributed by atoms with Crippen LogP contribution in [-0.4, -0.2) is 34.0 Å². The van der Waals surface area contributed by atoms with Gasteiger partial charge < -0.3 is 10.0 Å². The third kappa shape index (κ3) is 4.84. The maximum absolute atomic E-state index is 12.2. The Morgan fingerprint density at radius 2 is 2.14 bits per heavy atom. The number of unbranched alkanes of at least 4 members (excludes halogenated alkanes) is 2. The summed E-state index contributed by atoms with van der Waals surface area (Å²) in [5.41, 5.74) is 0. The molecule has 2 rings (SSSR count). The molecule has 0 radical (unpaired) electrons. The lowest BCUT2D eigenvalue weighted by molar-refractivity contribution is -0.150. The van der Waals surface area contributed by atoms with Gasteiger partial charge in [-0.3, -0.25) is 4.79 Å². The van der Waals surface area contributed by atoms with E-state index in [1.807, 2.05) is 0 Å². The Hall–Kier alpha value is -1.36. The quantitative estimate of drug-likeness (QED) is 0.712. The highest BCUT2D eigenvalue weighted by atomic mass is 32.1. The Morgan fingerprint density at radius 3 is 2.71 bits per heavy atom. The number of carboxylic acids is 1. The fourth-order valence-corrected chi connectivity index (χ4v) is 3.29. The van der Waals surface area contributed by atoms with E-state index in [0.29, 0.717) is 6.42 Å². The van der Waals surface area contributed by atoms with Crippen LogP contribution in [0.4, 0.5) is 0 Å². The van der Waals surface area contributed by atoms with Gasteiger partial charge in [0.05, 0.1) is 0 Å². The van der Waals surface area contributed by atoms with Crippen molar-refractivity contribution in [3.05, 3.63) is 22.4 Å². The predicted octanol–water partition coefficient (Wildman–Crippen LogP) is 3.32. The van der Waals surface area contributed by atoms with E-state index in [0.717, 1.165) is 38.5 Å². The average Bonchev–Trinajstić information content (AvgIpc) is 3.13. The standard InChI is InChI=1S/C16H23NO3S/c1-12(16(19)20)17(13-9-10-13)15(18)8-4-2-3-6-14-7-5-11-21-14/h5,7,11-13H,2-4,6,8-10H2,1H3,(H,19,20). The van der Waals surface area contributed by atoms with Crippen LogP contribution in [0.1, 0.15) is 50.3 Å². The summed E-state index contributed by atoms with van der Waals surface area (Å²) in [5.74, 6) is -0.906. The molecular formula is C16H23NO3S. The zero-order chi connectivity index (χ0) is 15.2. The lowest BCUT2D eigenvalue weighted by atomic mass is 10.1. The van der Waals surface area contributed by atoms with Crippen molar-refractivity contribution in [3.8, 4) is 0 Å². The van der Waals surface area contributed by atoms with Crippen LogP contribution in [-0.2, 0) is 16.0 Å². The smallest absolute Gasteiger partial charge is 0.326 e. The second kappa shape index (κ2) is 7.59. The summed E-state index contributed by atoms with van der Waals surface area (Å²) < 4.78 is 0. The Labute approximate surface area is 129 Å². The summed E-state index contributed by atoms with van der Waals surface area (Å²) in [7, 11) is 0. The first-order chi connectivity index (χ1) is 10.1. The van der Waals surface area contributed by atoms with Crippen LogP contribution in [0.15, 0.2) is 17.5 Å². The van der Waals surface area contributed by atoms with Crippen molar-refractivity contribution >= 4 is 23.2 Å². The molecule has 1 aliphatic carbocycles. The van der Waals surface area contributed by atoms with E-state index in [2.05, 4.69) is 17.5 Å².